The van der Waals surface area contributed by atoms with Crippen LogP contribution in [-0.4, -0.2) is 87.5 Å². The van der Waals surface area contributed by atoms with Gasteiger partial charge in [0.2, 0.25) is 5.91 Å². The molecule has 0 radical (unpaired) electrons. The Kier molecular flexibility index (Phi) is 32.1. The van der Waals surface area contributed by atoms with Crippen molar-refractivity contribution in [1.82, 2.24) is 5.32 Å². The van der Waals surface area contributed by atoms with E-state index in [1.807, 2.05) is 6.08 Å². The first kappa shape index (κ1) is 49.2. The highest BCUT2D eigenvalue weighted by molar-refractivity contribution is 5.76. The number of allylic oxidation sites excluding steroid dienone is 7. The van der Waals surface area contributed by atoms with Crippen molar-refractivity contribution in [3.63, 3.8) is 0 Å². The van der Waals surface area contributed by atoms with Crippen molar-refractivity contribution in [1.29, 1.82) is 0 Å². The summed E-state index contributed by atoms with van der Waals surface area (Å²) in [6.07, 6.45) is 35.9. The maximum absolute atomic E-state index is 12.9. The van der Waals surface area contributed by atoms with Gasteiger partial charge in [-0.15, -0.1) is 0 Å². The van der Waals surface area contributed by atoms with Crippen LogP contribution in [0.15, 0.2) is 48.6 Å². The molecule has 1 aliphatic heterocycles. The lowest BCUT2D eigenvalue weighted by Crippen LogP contribution is -2.60. The molecule has 53 heavy (non-hydrogen) atoms. The molecule has 0 aliphatic carbocycles. The molecule has 0 aromatic heterocycles. The predicted molar refractivity (Wildman–Crippen MR) is 216 cm³/mol. The van der Waals surface area contributed by atoms with E-state index in [2.05, 4.69) is 55.6 Å². The van der Waals surface area contributed by atoms with Crippen LogP contribution in [0.25, 0.3) is 0 Å². The summed E-state index contributed by atoms with van der Waals surface area (Å²) in [4.78, 5) is 12.9. The van der Waals surface area contributed by atoms with Crippen molar-refractivity contribution in [3.05, 3.63) is 48.6 Å². The molecule has 6 N–H and O–H groups in total. The van der Waals surface area contributed by atoms with E-state index in [4.69, 9.17) is 9.47 Å². The summed E-state index contributed by atoms with van der Waals surface area (Å²) >= 11 is 0. The molecule has 1 amide bonds. The van der Waals surface area contributed by atoms with Gasteiger partial charge in [0.1, 0.15) is 24.4 Å². The fourth-order valence-electron chi connectivity index (χ4n) is 6.40. The molecule has 9 heteroatoms. The molecule has 7 atom stereocenters. The SMILES string of the molecule is CCCCCCC/C=C\C/C=C\C/C=C\CCCCCCCCC(=O)NC(COC1OC(CO)C(O)C(O)C1O)C(O)/C=C/CCCCCCCCC. The van der Waals surface area contributed by atoms with Gasteiger partial charge in [-0.2, -0.15) is 0 Å². The summed E-state index contributed by atoms with van der Waals surface area (Å²) in [6, 6.07) is -0.810. The number of ether oxygens (including phenoxy) is 2. The molecule has 1 aliphatic rings. The van der Waals surface area contributed by atoms with E-state index in [1.165, 1.54) is 83.5 Å². The van der Waals surface area contributed by atoms with E-state index >= 15 is 0 Å². The van der Waals surface area contributed by atoms with Gasteiger partial charge in [0.05, 0.1) is 25.4 Å². The number of carbonyl (C=O) groups is 1. The van der Waals surface area contributed by atoms with E-state index in [1.54, 1.807) is 6.08 Å². The second-order valence-electron chi connectivity index (χ2n) is 14.8. The minimum absolute atomic E-state index is 0.194. The Morgan fingerprint density at radius 2 is 1.11 bits per heavy atom. The van der Waals surface area contributed by atoms with Crippen molar-refractivity contribution in [2.24, 2.45) is 0 Å². The molecule has 1 saturated heterocycles. The number of carbonyl (C=O) groups excluding carboxylic acids is 1. The Morgan fingerprint density at radius 1 is 0.642 bits per heavy atom. The van der Waals surface area contributed by atoms with Crippen molar-refractivity contribution in [3.8, 4) is 0 Å². The number of hydrogen-bond donors (Lipinski definition) is 6. The zero-order chi connectivity index (χ0) is 38.8. The number of nitrogens with one attached hydrogen (secondary N) is 1. The van der Waals surface area contributed by atoms with E-state index in [0.717, 1.165) is 64.2 Å². The molecule has 9 nitrogen and oxygen atoms in total. The van der Waals surface area contributed by atoms with Gasteiger partial charge in [-0.05, 0) is 57.8 Å². The molecular weight excluding hydrogens is 670 g/mol. The van der Waals surface area contributed by atoms with Gasteiger partial charge >= 0.3 is 0 Å². The molecule has 1 heterocycles. The average molecular weight is 750 g/mol. The first-order valence-corrected chi connectivity index (χ1v) is 21.4. The number of hydrogen-bond acceptors (Lipinski definition) is 8. The van der Waals surface area contributed by atoms with Crippen LogP contribution in [0.5, 0.6) is 0 Å². The summed E-state index contributed by atoms with van der Waals surface area (Å²) in [7, 11) is 0. The van der Waals surface area contributed by atoms with E-state index in [9.17, 15) is 30.3 Å². The quantitative estimate of drug-likeness (QED) is 0.0285. The normalized spacial score (nSPS) is 22.1. The van der Waals surface area contributed by atoms with Crippen molar-refractivity contribution in [2.75, 3.05) is 13.2 Å². The Hall–Kier alpha value is -1.85. The summed E-state index contributed by atoms with van der Waals surface area (Å²) in [5.41, 5.74) is 0. The standard InChI is InChI=1S/C44H79NO8/c1-3-5-7-9-11-13-14-15-16-17-18-19-20-21-22-23-24-26-28-30-32-34-40(48)45-37(38(47)33-31-29-27-25-12-10-8-6-4-2)36-52-44-43(51)42(50)41(49)39(35-46)53-44/h14-15,17-18,20-21,31,33,37-39,41-44,46-47,49-51H,3-13,16,19,22-30,32,34-36H2,1-2H3,(H,45,48)/b15-14-,18-17-,21-20-,33-31+. The van der Waals surface area contributed by atoms with Gasteiger partial charge in [-0.1, -0.05) is 152 Å². The highest BCUT2D eigenvalue weighted by Crippen LogP contribution is 2.22. The Labute approximate surface area is 323 Å². The molecule has 0 bridgehead atoms. The molecular formula is C44H79NO8. The van der Waals surface area contributed by atoms with Gasteiger partial charge in [0.15, 0.2) is 6.29 Å². The van der Waals surface area contributed by atoms with Gasteiger partial charge in [-0.25, -0.2) is 0 Å². The Bertz CT molecular complexity index is 967. The third kappa shape index (κ3) is 25.8. The van der Waals surface area contributed by atoms with E-state index < -0.39 is 49.5 Å². The van der Waals surface area contributed by atoms with Crippen molar-refractivity contribution >= 4 is 5.91 Å². The maximum atomic E-state index is 12.9. The van der Waals surface area contributed by atoms with Crippen LogP contribution in [0.1, 0.15) is 168 Å². The van der Waals surface area contributed by atoms with Crippen LogP contribution in [0, 0.1) is 0 Å². The van der Waals surface area contributed by atoms with Crippen LogP contribution in [0.4, 0.5) is 0 Å². The van der Waals surface area contributed by atoms with Crippen molar-refractivity contribution in [2.45, 2.75) is 211 Å². The summed E-state index contributed by atoms with van der Waals surface area (Å²) in [5, 5.41) is 53.9. The summed E-state index contributed by atoms with van der Waals surface area (Å²) in [5.74, 6) is -0.194. The fourth-order valence-corrected chi connectivity index (χ4v) is 6.40. The molecule has 0 aromatic carbocycles. The highest BCUT2D eigenvalue weighted by atomic mass is 16.7. The second-order valence-corrected chi connectivity index (χ2v) is 14.8. The molecule has 0 spiro atoms. The highest BCUT2D eigenvalue weighted by Gasteiger charge is 2.44. The monoisotopic (exact) mass is 750 g/mol. The first-order chi connectivity index (χ1) is 25.8. The van der Waals surface area contributed by atoms with Crippen molar-refractivity contribution < 1.29 is 39.8 Å². The third-order valence-corrected chi connectivity index (χ3v) is 9.90. The third-order valence-electron chi connectivity index (χ3n) is 9.90. The summed E-state index contributed by atoms with van der Waals surface area (Å²) < 4.78 is 11.1. The number of amides is 1. The minimum atomic E-state index is -1.57. The molecule has 0 saturated carbocycles. The van der Waals surface area contributed by atoms with Crippen LogP contribution in [0.2, 0.25) is 0 Å². The zero-order valence-corrected chi connectivity index (χ0v) is 33.5. The molecule has 1 fully saturated rings. The van der Waals surface area contributed by atoms with Crippen LogP contribution in [0.3, 0.4) is 0 Å². The zero-order valence-electron chi connectivity index (χ0n) is 33.5. The van der Waals surface area contributed by atoms with E-state index in [-0.39, 0.29) is 12.5 Å². The van der Waals surface area contributed by atoms with Gasteiger partial charge in [0, 0.05) is 6.42 Å². The summed E-state index contributed by atoms with van der Waals surface area (Å²) in [6.45, 7) is 3.70. The molecule has 308 valence electrons. The van der Waals surface area contributed by atoms with Gasteiger partial charge in [-0.3, -0.25) is 4.79 Å². The number of unbranched alkanes of at least 4 members (excludes halogenated alkanes) is 18. The minimum Gasteiger partial charge on any atom is -0.394 e. The lowest BCUT2D eigenvalue weighted by atomic mass is 9.99. The van der Waals surface area contributed by atoms with Crippen LogP contribution < -0.4 is 5.32 Å². The Morgan fingerprint density at radius 3 is 1.64 bits per heavy atom. The van der Waals surface area contributed by atoms with E-state index in [0.29, 0.717) is 6.42 Å². The first-order valence-electron chi connectivity index (χ1n) is 21.4. The largest absolute Gasteiger partial charge is 0.394 e. The van der Waals surface area contributed by atoms with Crippen LogP contribution >= 0.6 is 0 Å². The average Bonchev–Trinajstić information content (AvgIpc) is 3.16. The number of rotatable bonds is 34. The van der Waals surface area contributed by atoms with Gasteiger partial charge < -0.3 is 40.3 Å². The fraction of sp³-hybridized carbons (Fsp3) is 0.795. The number of aliphatic hydroxyl groups excluding tert-OH is 5. The van der Waals surface area contributed by atoms with Gasteiger partial charge in [0.25, 0.3) is 0 Å². The molecule has 7 unspecified atom stereocenters. The lowest BCUT2D eigenvalue weighted by Gasteiger charge is -2.40. The molecule has 0 aromatic rings. The molecule has 1 rings (SSSR count). The lowest BCUT2D eigenvalue weighted by molar-refractivity contribution is -0.302. The maximum Gasteiger partial charge on any atom is 0.220 e. The second kappa shape index (κ2) is 34.6. The smallest absolute Gasteiger partial charge is 0.220 e. The predicted octanol–water partition coefficient (Wildman–Crippen LogP) is 8.28. The Balaban J connectivity index is 2.34. The van der Waals surface area contributed by atoms with Crippen LogP contribution in [-0.2, 0) is 14.3 Å². The number of aliphatic hydroxyl groups is 5. The topological polar surface area (TPSA) is 149 Å².